The van der Waals surface area contributed by atoms with Crippen molar-refractivity contribution in [3.8, 4) is 0 Å². The van der Waals surface area contributed by atoms with E-state index in [4.69, 9.17) is 4.74 Å². The molecule has 1 fully saturated rings. The van der Waals surface area contributed by atoms with E-state index in [0.717, 1.165) is 25.9 Å². The molecule has 1 aliphatic rings. The van der Waals surface area contributed by atoms with E-state index in [1.54, 1.807) is 7.11 Å². The molecule has 1 amide bonds. The van der Waals surface area contributed by atoms with Gasteiger partial charge in [-0.3, -0.25) is 4.79 Å². The molecule has 0 spiro atoms. The lowest BCUT2D eigenvalue weighted by atomic mass is 9.96. The standard InChI is InChI=1S/C13H22N4O2S/c1-4-6-14-13-16-15-11(20-13)12(18)17-7-5-9(2)10(8-17)19-3/h9-10H,4-8H2,1-3H3,(H,14,16). The van der Waals surface area contributed by atoms with Gasteiger partial charge in [-0.2, -0.15) is 0 Å². The zero-order valence-electron chi connectivity index (χ0n) is 12.3. The smallest absolute Gasteiger partial charge is 0.284 e. The number of hydrogen-bond donors (Lipinski definition) is 1. The molecule has 2 heterocycles. The zero-order valence-corrected chi connectivity index (χ0v) is 13.1. The maximum Gasteiger partial charge on any atom is 0.284 e. The van der Waals surface area contributed by atoms with Crippen LogP contribution in [0.3, 0.4) is 0 Å². The van der Waals surface area contributed by atoms with Crippen molar-refractivity contribution in [2.75, 3.05) is 32.1 Å². The SMILES string of the molecule is CCCNc1nnc(C(=O)N2CCC(C)C(OC)C2)s1. The lowest BCUT2D eigenvalue weighted by molar-refractivity contribution is -0.00160. The second-order valence-electron chi connectivity index (χ2n) is 5.13. The molecule has 1 N–H and O–H groups in total. The summed E-state index contributed by atoms with van der Waals surface area (Å²) in [6, 6.07) is 0. The first-order chi connectivity index (χ1) is 9.65. The van der Waals surface area contributed by atoms with Crippen molar-refractivity contribution in [3.05, 3.63) is 5.01 Å². The highest BCUT2D eigenvalue weighted by Crippen LogP contribution is 2.23. The van der Waals surface area contributed by atoms with E-state index in [1.807, 2.05) is 4.90 Å². The van der Waals surface area contributed by atoms with Gasteiger partial charge in [0.2, 0.25) is 10.1 Å². The number of piperidine rings is 1. The molecule has 2 rings (SSSR count). The van der Waals surface area contributed by atoms with Crippen molar-refractivity contribution in [2.45, 2.75) is 32.8 Å². The van der Waals surface area contributed by atoms with Crippen LogP contribution in [0, 0.1) is 5.92 Å². The first-order valence-electron chi connectivity index (χ1n) is 7.05. The minimum absolute atomic E-state index is 0.0407. The summed E-state index contributed by atoms with van der Waals surface area (Å²) in [5.74, 6) is 0.446. The first kappa shape index (κ1) is 15.2. The van der Waals surface area contributed by atoms with Crippen molar-refractivity contribution in [1.29, 1.82) is 0 Å². The third-order valence-corrected chi connectivity index (χ3v) is 4.48. The number of likely N-dealkylation sites (tertiary alicyclic amines) is 1. The summed E-state index contributed by atoms with van der Waals surface area (Å²) in [6.45, 7) is 6.48. The second-order valence-corrected chi connectivity index (χ2v) is 6.11. The van der Waals surface area contributed by atoms with Crippen LogP contribution in [-0.2, 0) is 4.74 Å². The van der Waals surface area contributed by atoms with Gasteiger partial charge in [0.1, 0.15) is 0 Å². The van der Waals surface area contributed by atoms with Crippen LogP contribution in [0.5, 0.6) is 0 Å². The van der Waals surface area contributed by atoms with E-state index in [-0.39, 0.29) is 12.0 Å². The Labute approximate surface area is 123 Å². The number of methoxy groups -OCH3 is 1. The summed E-state index contributed by atoms with van der Waals surface area (Å²) in [6.07, 6.45) is 2.09. The summed E-state index contributed by atoms with van der Waals surface area (Å²) in [7, 11) is 1.70. The molecule has 0 radical (unpaired) electrons. The first-order valence-corrected chi connectivity index (χ1v) is 7.86. The van der Waals surface area contributed by atoms with Gasteiger partial charge in [0.15, 0.2) is 0 Å². The number of carbonyl (C=O) groups is 1. The van der Waals surface area contributed by atoms with Gasteiger partial charge in [0.05, 0.1) is 6.10 Å². The van der Waals surface area contributed by atoms with Crippen molar-refractivity contribution < 1.29 is 9.53 Å². The van der Waals surface area contributed by atoms with Crippen LogP contribution in [0.25, 0.3) is 0 Å². The summed E-state index contributed by atoms with van der Waals surface area (Å²) in [4.78, 5) is 14.2. The molecule has 1 aromatic heterocycles. The molecule has 2 atom stereocenters. The number of hydrogen-bond acceptors (Lipinski definition) is 6. The van der Waals surface area contributed by atoms with Crippen molar-refractivity contribution in [1.82, 2.24) is 15.1 Å². The quantitative estimate of drug-likeness (QED) is 0.898. The predicted octanol–water partition coefficient (Wildman–Crippen LogP) is 1.86. The Bertz CT molecular complexity index is 451. The Morgan fingerprint density at radius 2 is 2.35 bits per heavy atom. The topological polar surface area (TPSA) is 67.4 Å². The molecule has 112 valence electrons. The third kappa shape index (κ3) is 3.46. The lowest BCUT2D eigenvalue weighted by Crippen LogP contribution is -2.46. The molecule has 0 aromatic carbocycles. The number of aromatic nitrogens is 2. The fourth-order valence-corrected chi connectivity index (χ4v) is 3.01. The fourth-order valence-electron chi connectivity index (χ4n) is 2.27. The highest BCUT2D eigenvalue weighted by Gasteiger charge is 2.30. The highest BCUT2D eigenvalue weighted by molar-refractivity contribution is 7.17. The molecule has 6 nitrogen and oxygen atoms in total. The molecular weight excluding hydrogens is 276 g/mol. The molecular formula is C13H22N4O2S. The lowest BCUT2D eigenvalue weighted by Gasteiger charge is -2.35. The van der Waals surface area contributed by atoms with Gasteiger partial charge in [0.25, 0.3) is 5.91 Å². The van der Waals surface area contributed by atoms with Crippen LogP contribution in [-0.4, -0.2) is 53.9 Å². The average molecular weight is 298 g/mol. The van der Waals surface area contributed by atoms with Gasteiger partial charge in [-0.1, -0.05) is 25.2 Å². The highest BCUT2D eigenvalue weighted by atomic mass is 32.1. The Hall–Kier alpha value is -1.21. The van der Waals surface area contributed by atoms with Crippen LogP contribution in [0.4, 0.5) is 5.13 Å². The van der Waals surface area contributed by atoms with Gasteiger partial charge in [-0.15, -0.1) is 10.2 Å². The van der Waals surface area contributed by atoms with Crippen LogP contribution in [0.2, 0.25) is 0 Å². The normalized spacial score (nSPS) is 22.9. The minimum Gasteiger partial charge on any atom is -0.379 e. The Kier molecular flexibility index (Phi) is 5.31. The van der Waals surface area contributed by atoms with Crippen LogP contribution < -0.4 is 5.32 Å². The molecule has 1 saturated heterocycles. The molecule has 0 bridgehead atoms. The summed E-state index contributed by atoms with van der Waals surface area (Å²) in [5.41, 5.74) is 0. The van der Waals surface area contributed by atoms with E-state index >= 15 is 0 Å². The van der Waals surface area contributed by atoms with Crippen molar-refractivity contribution in [2.24, 2.45) is 5.92 Å². The van der Waals surface area contributed by atoms with Crippen molar-refractivity contribution >= 4 is 22.4 Å². The van der Waals surface area contributed by atoms with Gasteiger partial charge in [-0.25, -0.2) is 0 Å². The molecule has 20 heavy (non-hydrogen) atoms. The molecule has 0 aliphatic carbocycles. The number of amides is 1. The number of nitrogens with one attached hydrogen (secondary N) is 1. The Morgan fingerprint density at radius 1 is 1.55 bits per heavy atom. The number of anilines is 1. The van der Waals surface area contributed by atoms with Gasteiger partial charge in [0, 0.05) is 26.7 Å². The summed E-state index contributed by atoms with van der Waals surface area (Å²) >= 11 is 1.32. The maximum atomic E-state index is 12.4. The zero-order chi connectivity index (χ0) is 14.5. The van der Waals surface area contributed by atoms with E-state index in [1.165, 1.54) is 11.3 Å². The van der Waals surface area contributed by atoms with E-state index in [2.05, 4.69) is 29.4 Å². The number of ether oxygens (including phenoxy) is 1. The number of carbonyl (C=O) groups excluding carboxylic acids is 1. The minimum atomic E-state index is -0.0407. The van der Waals surface area contributed by atoms with E-state index in [0.29, 0.717) is 22.6 Å². The van der Waals surface area contributed by atoms with E-state index in [9.17, 15) is 4.79 Å². The van der Waals surface area contributed by atoms with Crippen LogP contribution in [0.15, 0.2) is 0 Å². The van der Waals surface area contributed by atoms with Gasteiger partial charge in [-0.05, 0) is 18.8 Å². The third-order valence-electron chi connectivity index (χ3n) is 3.61. The molecule has 0 saturated carbocycles. The van der Waals surface area contributed by atoms with E-state index < -0.39 is 0 Å². The Balaban J connectivity index is 1.98. The van der Waals surface area contributed by atoms with Gasteiger partial charge < -0.3 is 15.0 Å². The van der Waals surface area contributed by atoms with Gasteiger partial charge >= 0.3 is 0 Å². The van der Waals surface area contributed by atoms with Crippen LogP contribution >= 0.6 is 11.3 Å². The molecule has 7 heteroatoms. The summed E-state index contributed by atoms with van der Waals surface area (Å²) in [5, 5.41) is 12.3. The van der Waals surface area contributed by atoms with Crippen LogP contribution in [0.1, 0.15) is 36.5 Å². The fraction of sp³-hybridized carbons (Fsp3) is 0.769. The molecule has 1 aliphatic heterocycles. The number of rotatable bonds is 5. The number of nitrogens with zero attached hydrogens (tertiary/aromatic N) is 3. The monoisotopic (exact) mass is 298 g/mol. The average Bonchev–Trinajstić information content (AvgIpc) is 2.93. The molecule has 1 aromatic rings. The predicted molar refractivity (Wildman–Crippen MR) is 79.2 cm³/mol. The van der Waals surface area contributed by atoms with Crippen molar-refractivity contribution in [3.63, 3.8) is 0 Å². The summed E-state index contributed by atoms with van der Waals surface area (Å²) < 4.78 is 5.44. The second kappa shape index (κ2) is 6.99. The largest absolute Gasteiger partial charge is 0.379 e. The maximum absolute atomic E-state index is 12.4. The molecule has 2 unspecified atom stereocenters. The Morgan fingerprint density at radius 3 is 3.05 bits per heavy atom.